The molecular weight excluding hydrogens is 278 g/mol. The summed E-state index contributed by atoms with van der Waals surface area (Å²) in [6.45, 7) is 8.31. The van der Waals surface area contributed by atoms with Crippen LogP contribution in [0.4, 0.5) is 0 Å². The molecule has 0 aromatic heterocycles. The number of aliphatic carboxylic acids is 1. The van der Waals surface area contributed by atoms with Crippen LogP contribution in [0.15, 0.2) is 0 Å². The quantitative estimate of drug-likeness (QED) is 0.748. The molecular formula is C18H31NO3. The topological polar surface area (TPSA) is 49.8 Å². The molecule has 0 aromatic carbocycles. The summed E-state index contributed by atoms with van der Waals surface area (Å²) in [5.41, 5.74) is 0.0256. The molecule has 0 spiro atoms. The number of rotatable bonds is 8. The number of carboxylic acids is 1. The number of ether oxygens (including phenoxy) is 1. The molecule has 4 heteroatoms. The maximum absolute atomic E-state index is 11.3. The molecule has 0 radical (unpaired) electrons. The monoisotopic (exact) mass is 309 g/mol. The Morgan fingerprint density at radius 2 is 1.82 bits per heavy atom. The highest BCUT2D eigenvalue weighted by Gasteiger charge is 2.58. The molecule has 4 aliphatic carbocycles. The third-order valence-electron chi connectivity index (χ3n) is 6.36. The summed E-state index contributed by atoms with van der Waals surface area (Å²) in [6, 6.07) is 0. The summed E-state index contributed by atoms with van der Waals surface area (Å²) in [4.78, 5) is 13.7. The van der Waals surface area contributed by atoms with E-state index in [1.165, 1.54) is 19.3 Å². The van der Waals surface area contributed by atoms with E-state index in [0.29, 0.717) is 18.3 Å². The van der Waals surface area contributed by atoms with Crippen molar-refractivity contribution in [3.05, 3.63) is 0 Å². The van der Waals surface area contributed by atoms with Gasteiger partial charge in [-0.1, -0.05) is 13.8 Å². The maximum atomic E-state index is 11.3. The van der Waals surface area contributed by atoms with Gasteiger partial charge in [-0.05, 0) is 68.9 Å². The lowest BCUT2D eigenvalue weighted by molar-refractivity contribution is -0.198. The van der Waals surface area contributed by atoms with Gasteiger partial charge in [-0.15, -0.1) is 0 Å². The first-order chi connectivity index (χ1) is 10.5. The van der Waals surface area contributed by atoms with Crippen LogP contribution in [0.2, 0.25) is 0 Å². The molecule has 126 valence electrons. The minimum atomic E-state index is -0.625. The van der Waals surface area contributed by atoms with Crippen molar-refractivity contribution in [2.24, 2.45) is 17.3 Å². The highest BCUT2D eigenvalue weighted by Crippen LogP contribution is 2.63. The van der Waals surface area contributed by atoms with Crippen LogP contribution in [-0.2, 0) is 9.53 Å². The van der Waals surface area contributed by atoms with Crippen molar-refractivity contribution in [2.75, 3.05) is 26.2 Å². The lowest BCUT2D eigenvalue weighted by Gasteiger charge is -2.61. The largest absolute Gasteiger partial charge is 0.481 e. The number of hydrogen-bond acceptors (Lipinski definition) is 3. The zero-order valence-corrected chi connectivity index (χ0v) is 14.1. The second-order valence-corrected chi connectivity index (χ2v) is 8.09. The van der Waals surface area contributed by atoms with Crippen molar-refractivity contribution in [1.29, 1.82) is 0 Å². The second kappa shape index (κ2) is 6.12. The maximum Gasteiger partial charge on any atom is 0.303 e. The van der Waals surface area contributed by atoms with E-state index in [1.54, 1.807) is 0 Å². The summed E-state index contributed by atoms with van der Waals surface area (Å²) in [7, 11) is 0. The van der Waals surface area contributed by atoms with E-state index in [1.807, 2.05) is 0 Å². The first-order valence-electron chi connectivity index (χ1n) is 9.06. The van der Waals surface area contributed by atoms with Gasteiger partial charge >= 0.3 is 5.97 Å². The van der Waals surface area contributed by atoms with Crippen molar-refractivity contribution in [2.45, 2.75) is 64.4 Å². The Hall–Kier alpha value is -0.610. The Balaban J connectivity index is 1.64. The van der Waals surface area contributed by atoms with Gasteiger partial charge in [-0.3, -0.25) is 4.79 Å². The molecule has 4 nitrogen and oxygen atoms in total. The molecule has 4 rings (SSSR count). The fourth-order valence-electron chi connectivity index (χ4n) is 5.99. The van der Waals surface area contributed by atoms with Gasteiger partial charge in [-0.25, -0.2) is 0 Å². The molecule has 22 heavy (non-hydrogen) atoms. The summed E-state index contributed by atoms with van der Waals surface area (Å²) in [5.74, 6) is 0.781. The average molecular weight is 309 g/mol. The van der Waals surface area contributed by atoms with Crippen LogP contribution in [0.25, 0.3) is 0 Å². The summed E-state index contributed by atoms with van der Waals surface area (Å²) < 4.78 is 6.45. The lowest BCUT2D eigenvalue weighted by atomic mass is 9.47. The standard InChI is InChI=1S/C18H31NO3/c1-3-19(4-2)5-6-22-18-10-14-7-15(11-18)9-17(8-14,13-18)12-16(20)21/h14-15H,3-13H2,1-2H3,(H,20,21)/t14-,15+,17?,18?. The molecule has 0 saturated heterocycles. The van der Waals surface area contributed by atoms with E-state index < -0.39 is 5.97 Å². The molecule has 2 unspecified atom stereocenters. The van der Waals surface area contributed by atoms with E-state index >= 15 is 0 Å². The predicted octanol–water partition coefficient (Wildman–Crippen LogP) is 3.16. The van der Waals surface area contributed by atoms with Crippen LogP contribution in [-0.4, -0.2) is 47.8 Å². The molecule has 4 saturated carbocycles. The Bertz CT molecular complexity index is 405. The first-order valence-corrected chi connectivity index (χ1v) is 9.06. The second-order valence-electron chi connectivity index (χ2n) is 8.09. The van der Waals surface area contributed by atoms with Crippen LogP contribution >= 0.6 is 0 Å². The predicted molar refractivity (Wildman–Crippen MR) is 85.8 cm³/mol. The summed E-state index contributed by atoms with van der Waals surface area (Å²) in [5, 5.41) is 9.32. The molecule has 0 aromatic rings. The van der Waals surface area contributed by atoms with E-state index in [-0.39, 0.29) is 11.0 Å². The van der Waals surface area contributed by atoms with Crippen molar-refractivity contribution in [1.82, 2.24) is 4.90 Å². The van der Waals surface area contributed by atoms with Crippen LogP contribution in [0.1, 0.15) is 58.8 Å². The fraction of sp³-hybridized carbons (Fsp3) is 0.944. The Morgan fingerprint density at radius 3 is 2.36 bits per heavy atom. The van der Waals surface area contributed by atoms with E-state index in [0.717, 1.165) is 45.5 Å². The van der Waals surface area contributed by atoms with Crippen LogP contribution < -0.4 is 0 Å². The Kier molecular flexibility index (Phi) is 4.52. The van der Waals surface area contributed by atoms with Gasteiger partial charge in [0, 0.05) is 6.54 Å². The lowest BCUT2D eigenvalue weighted by Crippen LogP contribution is -2.57. The van der Waals surface area contributed by atoms with Gasteiger partial charge in [0.15, 0.2) is 0 Å². The van der Waals surface area contributed by atoms with Gasteiger partial charge < -0.3 is 14.7 Å². The van der Waals surface area contributed by atoms with Gasteiger partial charge in [0.1, 0.15) is 0 Å². The first kappa shape index (κ1) is 16.3. The van der Waals surface area contributed by atoms with E-state index in [4.69, 9.17) is 4.74 Å². The zero-order valence-electron chi connectivity index (χ0n) is 14.1. The molecule has 4 aliphatic rings. The summed E-state index contributed by atoms with van der Waals surface area (Å²) >= 11 is 0. The van der Waals surface area contributed by atoms with E-state index in [2.05, 4.69) is 18.7 Å². The third-order valence-corrected chi connectivity index (χ3v) is 6.36. The van der Waals surface area contributed by atoms with Gasteiger partial charge in [-0.2, -0.15) is 0 Å². The van der Waals surface area contributed by atoms with Gasteiger partial charge in [0.05, 0.1) is 18.6 Å². The normalized spacial score (nSPS) is 39.6. The molecule has 0 amide bonds. The minimum absolute atomic E-state index is 0.00726. The fourth-order valence-corrected chi connectivity index (χ4v) is 5.99. The number of likely N-dealkylation sites (N-methyl/N-ethyl adjacent to an activating group) is 1. The van der Waals surface area contributed by atoms with Crippen molar-refractivity contribution in [3.8, 4) is 0 Å². The van der Waals surface area contributed by atoms with Crippen molar-refractivity contribution >= 4 is 5.97 Å². The zero-order chi connectivity index (χ0) is 15.8. The highest BCUT2D eigenvalue weighted by atomic mass is 16.5. The number of carbonyl (C=O) groups is 1. The van der Waals surface area contributed by atoms with Gasteiger partial charge in [0.2, 0.25) is 0 Å². The van der Waals surface area contributed by atoms with Crippen molar-refractivity contribution in [3.63, 3.8) is 0 Å². The Morgan fingerprint density at radius 1 is 1.18 bits per heavy atom. The van der Waals surface area contributed by atoms with Crippen LogP contribution in [0.5, 0.6) is 0 Å². The number of carboxylic acid groups (broad SMARTS) is 1. The third kappa shape index (κ3) is 3.18. The number of hydrogen-bond donors (Lipinski definition) is 1. The van der Waals surface area contributed by atoms with E-state index in [9.17, 15) is 9.90 Å². The van der Waals surface area contributed by atoms with Crippen molar-refractivity contribution < 1.29 is 14.6 Å². The van der Waals surface area contributed by atoms with Crippen LogP contribution in [0.3, 0.4) is 0 Å². The molecule has 1 N–H and O–H groups in total. The average Bonchev–Trinajstić information content (AvgIpc) is 2.40. The highest BCUT2D eigenvalue weighted by molar-refractivity contribution is 5.67. The molecule has 4 atom stereocenters. The minimum Gasteiger partial charge on any atom is -0.481 e. The van der Waals surface area contributed by atoms with Crippen LogP contribution in [0, 0.1) is 17.3 Å². The molecule has 4 fully saturated rings. The molecule has 0 aliphatic heterocycles. The number of nitrogens with zero attached hydrogens (tertiary/aromatic N) is 1. The summed E-state index contributed by atoms with van der Waals surface area (Å²) in [6.07, 6.45) is 7.22. The molecule has 0 heterocycles. The molecule has 4 bridgehead atoms. The SMILES string of the molecule is CCN(CC)CCOC12C[C@@H]3C[C@@H](CC(CC(=O)O)(C3)C1)C2. The Labute approximate surface area is 134 Å². The smallest absolute Gasteiger partial charge is 0.303 e. The van der Waals surface area contributed by atoms with Gasteiger partial charge in [0.25, 0.3) is 0 Å².